The fraction of sp³-hybridized carbons (Fsp3) is 0.419. The number of aliphatic hydroxyl groups is 1. The van der Waals surface area contributed by atoms with E-state index in [0.717, 1.165) is 31.4 Å². The fourth-order valence-corrected chi connectivity index (χ4v) is 5.59. The molecule has 0 atom stereocenters. The second kappa shape index (κ2) is 12.4. The second-order valence-electron chi connectivity index (χ2n) is 11.5. The zero-order valence-electron chi connectivity index (χ0n) is 23.4. The van der Waals surface area contributed by atoms with E-state index >= 15 is 0 Å². The summed E-state index contributed by atoms with van der Waals surface area (Å²) >= 11 is 6.96. The summed E-state index contributed by atoms with van der Waals surface area (Å²) in [7, 11) is 0. The van der Waals surface area contributed by atoms with Crippen LogP contribution >= 0.6 is 31.9 Å². The maximum atomic E-state index is 11.2. The molecule has 0 saturated carbocycles. The number of aliphatic hydroxyl groups excluding tert-OH is 1. The van der Waals surface area contributed by atoms with Gasteiger partial charge in [0.05, 0.1) is 39.6 Å². The third-order valence-electron chi connectivity index (χ3n) is 6.70. The van der Waals surface area contributed by atoms with Gasteiger partial charge >= 0.3 is 0 Å². The number of phenols is 2. The summed E-state index contributed by atoms with van der Waals surface area (Å²) in [5.74, 6) is 0.155. The van der Waals surface area contributed by atoms with E-state index in [2.05, 4.69) is 52.6 Å². The van der Waals surface area contributed by atoms with E-state index in [1.807, 2.05) is 38.1 Å². The van der Waals surface area contributed by atoms with Crippen LogP contribution in [-0.2, 0) is 59.3 Å². The number of hydrogen-bond donors (Lipinski definition) is 3. The van der Waals surface area contributed by atoms with E-state index in [4.69, 9.17) is 18.9 Å². The van der Waals surface area contributed by atoms with Crippen molar-refractivity contribution in [1.82, 2.24) is 0 Å². The molecule has 0 bridgehead atoms. The van der Waals surface area contributed by atoms with Crippen molar-refractivity contribution in [1.29, 1.82) is 0 Å². The lowest BCUT2D eigenvalue weighted by Crippen LogP contribution is -2.35. The lowest BCUT2D eigenvalue weighted by Gasteiger charge is -2.34. The van der Waals surface area contributed by atoms with Crippen LogP contribution in [-0.4, -0.2) is 21.1 Å². The average Bonchev–Trinajstić information content (AvgIpc) is 2.87. The van der Waals surface area contributed by atoms with Crippen molar-refractivity contribution < 1.29 is 34.3 Å². The number of fused-ring (bicyclic) bond motifs is 1. The molecule has 1 aliphatic rings. The zero-order valence-corrected chi connectivity index (χ0v) is 26.6. The zero-order chi connectivity index (χ0) is 29.2. The number of rotatable bonds is 9. The van der Waals surface area contributed by atoms with Crippen molar-refractivity contribution in [3.63, 3.8) is 0 Å². The molecule has 0 aliphatic carbocycles. The molecule has 3 N–H and O–H groups in total. The van der Waals surface area contributed by atoms with Gasteiger partial charge in [0.1, 0.15) is 17.2 Å². The van der Waals surface area contributed by atoms with Crippen LogP contribution in [0, 0.1) is 0 Å². The van der Waals surface area contributed by atoms with Crippen LogP contribution in [0.5, 0.6) is 17.2 Å². The average molecular weight is 680 g/mol. The molecule has 3 aromatic carbocycles. The topological polar surface area (TPSA) is 97.6 Å². The fourth-order valence-electron chi connectivity index (χ4n) is 4.49. The van der Waals surface area contributed by atoms with Gasteiger partial charge in [0, 0.05) is 56.2 Å². The van der Waals surface area contributed by atoms with Crippen LogP contribution in [0.1, 0.15) is 73.6 Å². The van der Waals surface area contributed by atoms with E-state index in [9.17, 15) is 15.3 Å². The highest BCUT2D eigenvalue weighted by molar-refractivity contribution is 9.10. The Morgan fingerprint density at radius 2 is 1.25 bits per heavy atom. The molecule has 0 unspecified atom stereocenters. The molecule has 40 heavy (non-hydrogen) atoms. The maximum absolute atomic E-state index is 11.2. The second-order valence-corrected chi connectivity index (χ2v) is 13.3. The highest BCUT2D eigenvalue weighted by atomic mass is 79.9. The van der Waals surface area contributed by atoms with E-state index in [-0.39, 0.29) is 49.9 Å². The minimum absolute atomic E-state index is 0.00104. The largest absolute Gasteiger partial charge is 0.507 e. The van der Waals surface area contributed by atoms with Gasteiger partial charge in [-0.25, -0.2) is 0 Å². The summed E-state index contributed by atoms with van der Waals surface area (Å²) in [6, 6.07) is 11.3. The van der Waals surface area contributed by atoms with E-state index in [1.54, 1.807) is 12.1 Å². The summed E-state index contributed by atoms with van der Waals surface area (Å²) < 4.78 is 25.6. The van der Waals surface area contributed by atoms with Crippen LogP contribution in [0.3, 0.4) is 0 Å². The molecular weight excluding hydrogens is 644 g/mol. The monoisotopic (exact) mass is 678 g/mol. The van der Waals surface area contributed by atoms with Crippen molar-refractivity contribution >= 4 is 31.9 Å². The molecule has 0 spiro atoms. The van der Waals surface area contributed by atoms with Crippen molar-refractivity contribution in [2.75, 3.05) is 0 Å². The van der Waals surface area contributed by atoms with Crippen molar-refractivity contribution in [2.45, 2.75) is 85.5 Å². The molecule has 4 rings (SSSR count). The highest BCUT2D eigenvalue weighted by Crippen LogP contribution is 2.38. The van der Waals surface area contributed by atoms with E-state index in [1.165, 1.54) is 0 Å². The van der Waals surface area contributed by atoms with Gasteiger partial charge in [0.25, 0.3) is 0 Å². The summed E-state index contributed by atoms with van der Waals surface area (Å²) in [6.07, 6.45) is 0. The molecular formula is C31H36Br2O7. The van der Waals surface area contributed by atoms with Crippen LogP contribution in [0.2, 0.25) is 0 Å². The standard InChI is InChI=1S/C31H36Br2O7/c1-30(2,3)24-6-19(13-37-15-21-9-25(32)8-18(12-34)27(21)35)28(36)20(7-24)14-38-16-22-10-26(33)11-23-17-39-31(4,5)40-29(22)23/h6-11,34-36H,12-17H2,1-5H3. The van der Waals surface area contributed by atoms with E-state index < -0.39 is 5.79 Å². The quantitative estimate of drug-likeness (QED) is 0.216. The summed E-state index contributed by atoms with van der Waals surface area (Å²) in [5, 5.41) is 31.1. The summed E-state index contributed by atoms with van der Waals surface area (Å²) in [4.78, 5) is 0. The minimum atomic E-state index is -0.726. The van der Waals surface area contributed by atoms with Gasteiger partial charge in [-0.15, -0.1) is 0 Å². The first-order chi connectivity index (χ1) is 18.8. The van der Waals surface area contributed by atoms with Gasteiger partial charge in [-0.2, -0.15) is 0 Å². The predicted molar refractivity (Wildman–Crippen MR) is 159 cm³/mol. The predicted octanol–water partition coefficient (Wildman–Crippen LogP) is 7.49. The van der Waals surface area contributed by atoms with E-state index in [0.29, 0.717) is 28.9 Å². The van der Waals surface area contributed by atoms with Crippen molar-refractivity contribution in [2.24, 2.45) is 0 Å². The SMILES string of the molecule is CC1(C)OCc2cc(Br)cc(COCc3cc(C(C)(C)C)cc(COCc4cc(Br)cc(CO)c4O)c3O)c2O1. The lowest BCUT2D eigenvalue weighted by molar-refractivity contribution is -0.180. The van der Waals surface area contributed by atoms with Gasteiger partial charge < -0.3 is 34.3 Å². The van der Waals surface area contributed by atoms with Crippen molar-refractivity contribution in [3.8, 4) is 17.2 Å². The number of phenolic OH excluding ortho intramolecular Hbond substituents is 1. The Bertz CT molecular complexity index is 1380. The van der Waals surface area contributed by atoms with Crippen LogP contribution in [0.4, 0.5) is 0 Å². The number of ether oxygens (including phenoxy) is 4. The highest BCUT2D eigenvalue weighted by Gasteiger charge is 2.29. The van der Waals surface area contributed by atoms with Gasteiger partial charge in [0.2, 0.25) is 5.79 Å². The first-order valence-corrected chi connectivity index (χ1v) is 14.6. The molecule has 1 heterocycles. The van der Waals surface area contributed by atoms with Gasteiger partial charge in [-0.3, -0.25) is 0 Å². The maximum Gasteiger partial charge on any atom is 0.205 e. The van der Waals surface area contributed by atoms with Crippen LogP contribution < -0.4 is 4.74 Å². The lowest BCUT2D eigenvalue weighted by atomic mass is 9.85. The van der Waals surface area contributed by atoms with Crippen LogP contribution in [0.25, 0.3) is 0 Å². The Labute approximate surface area is 252 Å². The van der Waals surface area contributed by atoms with Gasteiger partial charge in [0.15, 0.2) is 0 Å². The van der Waals surface area contributed by atoms with Gasteiger partial charge in [-0.05, 0) is 47.4 Å². The van der Waals surface area contributed by atoms with Crippen molar-refractivity contribution in [3.05, 3.63) is 84.3 Å². The molecule has 7 nitrogen and oxygen atoms in total. The molecule has 0 fully saturated rings. The normalized spacial score (nSPS) is 14.6. The Hall–Kier alpha value is -2.14. The molecule has 0 aromatic heterocycles. The van der Waals surface area contributed by atoms with Crippen LogP contribution in [0.15, 0.2) is 45.3 Å². The Kier molecular flexibility index (Phi) is 9.54. The third-order valence-corrected chi connectivity index (χ3v) is 7.61. The molecule has 1 aliphatic heterocycles. The third kappa shape index (κ3) is 7.38. The summed E-state index contributed by atoms with van der Waals surface area (Å²) in [5.41, 5.74) is 4.96. The summed E-state index contributed by atoms with van der Waals surface area (Å²) in [6.45, 7) is 11.0. The first-order valence-electron chi connectivity index (χ1n) is 13.0. The number of aromatic hydroxyl groups is 2. The molecule has 216 valence electrons. The van der Waals surface area contributed by atoms with Gasteiger partial charge in [-0.1, -0.05) is 52.6 Å². The molecule has 0 saturated heterocycles. The number of benzene rings is 3. The first kappa shape index (κ1) is 30.8. The minimum Gasteiger partial charge on any atom is -0.507 e. The molecule has 3 aromatic rings. The number of hydrogen-bond acceptors (Lipinski definition) is 7. The Morgan fingerprint density at radius 3 is 1.82 bits per heavy atom. The molecule has 0 radical (unpaired) electrons. The smallest absolute Gasteiger partial charge is 0.205 e. The Morgan fingerprint density at radius 1 is 0.775 bits per heavy atom. The molecule has 0 amide bonds. The number of halogens is 2. The Balaban J connectivity index is 1.51. The molecule has 9 heteroatoms.